The summed E-state index contributed by atoms with van der Waals surface area (Å²) < 4.78 is 10.9. The molecule has 1 heterocycles. The van der Waals surface area contributed by atoms with Gasteiger partial charge in [0.15, 0.2) is 0 Å². The minimum Gasteiger partial charge on any atom is -0.459 e. The number of hydrogen-bond acceptors (Lipinski definition) is 6. The number of ether oxygens (including phenoxy) is 1. The zero-order chi connectivity index (χ0) is 14.6. The van der Waals surface area contributed by atoms with Crippen LogP contribution in [0.1, 0.15) is 64.7 Å². The van der Waals surface area contributed by atoms with Crippen LogP contribution in [0.15, 0.2) is 9.64 Å². The molecule has 0 spiro atoms. The lowest BCUT2D eigenvalue weighted by molar-refractivity contribution is -0.151. The third-order valence-electron chi connectivity index (χ3n) is 3.11. The van der Waals surface area contributed by atoms with Crippen LogP contribution in [0.5, 0.6) is 0 Å². The van der Waals surface area contributed by atoms with Crippen molar-refractivity contribution in [1.82, 2.24) is 10.2 Å². The van der Waals surface area contributed by atoms with Gasteiger partial charge in [-0.15, -0.1) is 10.2 Å². The van der Waals surface area contributed by atoms with E-state index >= 15 is 0 Å². The van der Waals surface area contributed by atoms with E-state index in [2.05, 4.69) is 10.2 Å². The summed E-state index contributed by atoms with van der Waals surface area (Å²) in [5.74, 6) is 1.05. The van der Waals surface area contributed by atoms with Gasteiger partial charge in [-0.3, -0.25) is 4.79 Å². The Hall–Kier alpha value is -1.04. The highest BCUT2D eigenvalue weighted by atomic mass is 32.2. The second-order valence-corrected chi connectivity index (χ2v) is 7.04. The van der Waals surface area contributed by atoms with Crippen molar-refractivity contribution >= 4 is 17.7 Å². The lowest BCUT2D eigenvalue weighted by Gasteiger charge is -2.18. The molecular formula is C14H22N2O3S. The quantitative estimate of drug-likeness (QED) is 0.625. The maximum Gasteiger partial charge on any atom is 0.316 e. The van der Waals surface area contributed by atoms with Crippen molar-refractivity contribution < 1.29 is 13.9 Å². The molecule has 20 heavy (non-hydrogen) atoms. The zero-order valence-electron chi connectivity index (χ0n) is 12.3. The monoisotopic (exact) mass is 298 g/mol. The Kier molecular flexibility index (Phi) is 5.07. The number of rotatable bonds is 4. The third kappa shape index (κ3) is 4.81. The second-order valence-electron chi connectivity index (χ2n) is 6.12. The molecule has 5 nitrogen and oxygen atoms in total. The maximum atomic E-state index is 11.6. The van der Waals surface area contributed by atoms with Gasteiger partial charge in [-0.1, -0.05) is 31.0 Å². The van der Waals surface area contributed by atoms with Crippen LogP contribution in [-0.4, -0.2) is 27.5 Å². The first-order valence-electron chi connectivity index (χ1n) is 7.12. The third-order valence-corrected chi connectivity index (χ3v) is 3.90. The van der Waals surface area contributed by atoms with Gasteiger partial charge in [-0.25, -0.2) is 0 Å². The number of thioether (sulfide) groups is 1. The van der Waals surface area contributed by atoms with Crippen LogP contribution >= 0.6 is 11.8 Å². The van der Waals surface area contributed by atoms with Crippen LogP contribution in [-0.2, 0) is 9.53 Å². The predicted octanol–water partition coefficient (Wildman–Crippen LogP) is 3.55. The minimum absolute atomic E-state index is 0.198. The molecule has 1 fully saturated rings. The fourth-order valence-electron chi connectivity index (χ4n) is 2.28. The van der Waals surface area contributed by atoms with E-state index in [1.807, 2.05) is 20.8 Å². The van der Waals surface area contributed by atoms with Crippen LogP contribution in [0.4, 0.5) is 0 Å². The van der Waals surface area contributed by atoms with Gasteiger partial charge in [-0.2, -0.15) is 0 Å². The number of aromatic nitrogens is 2. The van der Waals surface area contributed by atoms with Crippen LogP contribution < -0.4 is 0 Å². The van der Waals surface area contributed by atoms with Gasteiger partial charge < -0.3 is 9.15 Å². The summed E-state index contributed by atoms with van der Waals surface area (Å²) in [4.78, 5) is 11.6. The molecular weight excluding hydrogens is 276 g/mol. The van der Waals surface area contributed by atoms with E-state index in [-0.39, 0.29) is 11.7 Å². The van der Waals surface area contributed by atoms with Crippen LogP contribution in [0.2, 0.25) is 0 Å². The zero-order valence-corrected chi connectivity index (χ0v) is 13.2. The molecule has 1 aromatic heterocycles. The van der Waals surface area contributed by atoms with Crippen molar-refractivity contribution in [2.75, 3.05) is 5.75 Å². The van der Waals surface area contributed by atoms with E-state index in [9.17, 15) is 4.79 Å². The minimum atomic E-state index is -0.459. The van der Waals surface area contributed by atoms with Gasteiger partial charge >= 0.3 is 5.97 Å². The van der Waals surface area contributed by atoms with Crippen molar-refractivity contribution in [3.05, 3.63) is 5.89 Å². The highest BCUT2D eigenvalue weighted by Gasteiger charge is 2.22. The maximum absolute atomic E-state index is 11.6. The van der Waals surface area contributed by atoms with Crippen molar-refractivity contribution in [2.24, 2.45) is 0 Å². The Bertz CT molecular complexity index is 448. The van der Waals surface area contributed by atoms with E-state index in [0.29, 0.717) is 11.1 Å². The smallest absolute Gasteiger partial charge is 0.316 e. The molecule has 0 amide bonds. The van der Waals surface area contributed by atoms with Crippen molar-refractivity contribution in [3.63, 3.8) is 0 Å². The standard InChI is InChI=1S/C14H22N2O3S/c1-14(2,3)19-11(17)9-20-13-16-15-12(18-13)10-7-5-4-6-8-10/h10H,4-9H2,1-3H3. The van der Waals surface area contributed by atoms with Crippen molar-refractivity contribution in [1.29, 1.82) is 0 Å². The first-order valence-corrected chi connectivity index (χ1v) is 8.10. The molecule has 0 aromatic carbocycles. The van der Waals surface area contributed by atoms with Crippen molar-refractivity contribution in [3.8, 4) is 0 Å². The highest BCUT2D eigenvalue weighted by molar-refractivity contribution is 7.99. The van der Waals surface area contributed by atoms with Gasteiger partial charge in [0.1, 0.15) is 11.4 Å². The van der Waals surface area contributed by atoms with Gasteiger partial charge in [0, 0.05) is 5.92 Å². The second kappa shape index (κ2) is 6.61. The van der Waals surface area contributed by atoms with Gasteiger partial charge in [0.25, 0.3) is 5.22 Å². The predicted molar refractivity (Wildman–Crippen MR) is 76.7 cm³/mol. The summed E-state index contributed by atoms with van der Waals surface area (Å²) in [5, 5.41) is 8.56. The van der Waals surface area contributed by atoms with Gasteiger partial charge in [0.05, 0.1) is 0 Å². The fraction of sp³-hybridized carbons (Fsp3) is 0.786. The van der Waals surface area contributed by atoms with Crippen molar-refractivity contribution in [2.45, 2.75) is 69.6 Å². The average molecular weight is 298 g/mol. The fourth-order valence-corrected chi connectivity index (χ4v) is 2.83. The summed E-state index contributed by atoms with van der Waals surface area (Å²) in [7, 11) is 0. The highest BCUT2D eigenvalue weighted by Crippen LogP contribution is 2.32. The number of carbonyl (C=O) groups excluding carboxylic acids is 1. The molecule has 112 valence electrons. The first kappa shape index (κ1) is 15.4. The molecule has 0 saturated heterocycles. The first-order chi connectivity index (χ1) is 9.44. The largest absolute Gasteiger partial charge is 0.459 e. The Balaban J connectivity index is 1.82. The summed E-state index contributed by atoms with van der Waals surface area (Å²) in [6.45, 7) is 5.55. The average Bonchev–Trinajstić information content (AvgIpc) is 2.84. The Labute approximate surface area is 123 Å². The lowest BCUT2D eigenvalue weighted by Crippen LogP contribution is -2.24. The SMILES string of the molecule is CC(C)(C)OC(=O)CSc1nnc(C2CCCCC2)o1. The number of carbonyl (C=O) groups is 1. The topological polar surface area (TPSA) is 65.2 Å². The summed E-state index contributed by atoms with van der Waals surface area (Å²) >= 11 is 1.24. The van der Waals surface area contributed by atoms with Gasteiger partial charge in [-0.05, 0) is 33.6 Å². The van der Waals surface area contributed by atoms with E-state index in [1.165, 1.54) is 31.0 Å². The molecule has 0 bridgehead atoms. The molecule has 1 aliphatic rings. The molecule has 1 aliphatic carbocycles. The summed E-state index contributed by atoms with van der Waals surface area (Å²) in [6, 6.07) is 0. The van der Waals surface area contributed by atoms with Crippen LogP contribution in [0.3, 0.4) is 0 Å². The molecule has 0 radical (unpaired) electrons. The van der Waals surface area contributed by atoms with E-state index < -0.39 is 5.60 Å². The lowest BCUT2D eigenvalue weighted by atomic mass is 9.89. The Morgan fingerprint density at radius 2 is 2.00 bits per heavy atom. The molecule has 0 unspecified atom stereocenters. The molecule has 1 aromatic rings. The molecule has 6 heteroatoms. The van der Waals surface area contributed by atoms with Gasteiger partial charge in [0.2, 0.25) is 5.89 Å². The summed E-state index contributed by atoms with van der Waals surface area (Å²) in [6.07, 6.45) is 6.00. The number of nitrogens with zero attached hydrogens (tertiary/aromatic N) is 2. The molecule has 0 atom stereocenters. The Morgan fingerprint density at radius 3 is 2.65 bits per heavy atom. The molecule has 0 N–H and O–H groups in total. The molecule has 1 saturated carbocycles. The number of esters is 1. The van der Waals surface area contributed by atoms with Crippen LogP contribution in [0, 0.1) is 0 Å². The van der Waals surface area contributed by atoms with Crippen LogP contribution in [0.25, 0.3) is 0 Å². The van der Waals surface area contributed by atoms with E-state index in [4.69, 9.17) is 9.15 Å². The number of hydrogen-bond donors (Lipinski definition) is 0. The van der Waals surface area contributed by atoms with E-state index in [1.54, 1.807) is 0 Å². The summed E-state index contributed by atoms with van der Waals surface area (Å²) in [5.41, 5.74) is -0.459. The molecule has 0 aliphatic heterocycles. The molecule has 2 rings (SSSR count). The Morgan fingerprint density at radius 1 is 1.30 bits per heavy atom. The normalized spacial score (nSPS) is 17.1. The van der Waals surface area contributed by atoms with E-state index in [0.717, 1.165) is 18.7 Å².